The standard InChI is InChI=1S/C20H27Cl3O/c1-17(10-6-5-9-14-20(21,22)23)13-15-24-16-19(2,3)18-11-7-4-8-12-18/h4-5,7-9,11-13H,6,10,14-16H2,1-3H3/b9-5+,17-13+. The molecular weight excluding hydrogens is 363 g/mol. The lowest BCUT2D eigenvalue weighted by atomic mass is 9.86. The summed E-state index contributed by atoms with van der Waals surface area (Å²) in [6.45, 7) is 7.86. The van der Waals surface area contributed by atoms with Crippen molar-refractivity contribution < 1.29 is 4.74 Å². The van der Waals surface area contributed by atoms with Gasteiger partial charge in [0.2, 0.25) is 0 Å². The highest BCUT2D eigenvalue weighted by Gasteiger charge is 2.20. The molecule has 24 heavy (non-hydrogen) atoms. The summed E-state index contributed by atoms with van der Waals surface area (Å²) < 4.78 is 4.66. The lowest BCUT2D eigenvalue weighted by molar-refractivity contribution is 0.117. The molecule has 0 fully saturated rings. The fraction of sp³-hybridized carbons (Fsp3) is 0.500. The van der Waals surface area contributed by atoms with E-state index in [0.29, 0.717) is 19.6 Å². The molecule has 0 radical (unpaired) electrons. The summed E-state index contributed by atoms with van der Waals surface area (Å²) in [7, 11) is 0. The molecule has 0 aliphatic carbocycles. The largest absolute Gasteiger partial charge is 0.376 e. The van der Waals surface area contributed by atoms with E-state index in [4.69, 9.17) is 39.5 Å². The van der Waals surface area contributed by atoms with Gasteiger partial charge in [-0.3, -0.25) is 0 Å². The van der Waals surface area contributed by atoms with Crippen molar-refractivity contribution in [3.63, 3.8) is 0 Å². The molecule has 1 aromatic rings. The van der Waals surface area contributed by atoms with E-state index >= 15 is 0 Å². The summed E-state index contributed by atoms with van der Waals surface area (Å²) >= 11 is 17.1. The molecule has 0 saturated heterocycles. The molecule has 0 aliphatic rings. The van der Waals surface area contributed by atoms with E-state index in [1.165, 1.54) is 11.1 Å². The Bertz CT molecular complexity index is 528. The molecule has 0 N–H and O–H groups in total. The van der Waals surface area contributed by atoms with Crippen LogP contribution in [0.2, 0.25) is 0 Å². The predicted octanol–water partition coefficient (Wildman–Crippen LogP) is 7.02. The number of halogens is 3. The molecule has 0 saturated carbocycles. The molecule has 0 atom stereocenters. The number of alkyl halides is 3. The number of ether oxygens (including phenoxy) is 1. The van der Waals surface area contributed by atoms with Gasteiger partial charge in [0.15, 0.2) is 3.79 Å². The smallest absolute Gasteiger partial charge is 0.194 e. The summed E-state index contributed by atoms with van der Waals surface area (Å²) in [5, 5.41) is 0. The topological polar surface area (TPSA) is 9.23 Å². The molecule has 0 amide bonds. The monoisotopic (exact) mass is 388 g/mol. The van der Waals surface area contributed by atoms with Crippen molar-refractivity contribution in [1.29, 1.82) is 0 Å². The third-order valence-corrected chi connectivity index (χ3v) is 4.25. The van der Waals surface area contributed by atoms with E-state index in [0.717, 1.165) is 12.8 Å². The molecule has 0 spiro atoms. The Balaban J connectivity index is 2.26. The molecule has 1 aromatic carbocycles. The summed E-state index contributed by atoms with van der Waals surface area (Å²) in [4.78, 5) is 0. The second-order valence-electron chi connectivity index (χ2n) is 6.64. The third-order valence-electron chi connectivity index (χ3n) is 3.79. The van der Waals surface area contributed by atoms with Crippen molar-refractivity contribution in [1.82, 2.24) is 0 Å². The minimum absolute atomic E-state index is 0.0168. The van der Waals surface area contributed by atoms with Crippen LogP contribution >= 0.6 is 34.8 Å². The highest BCUT2D eigenvalue weighted by atomic mass is 35.6. The zero-order chi connectivity index (χ0) is 18.1. The van der Waals surface area contributed by atoms with Crippen molar-refractivity contribution in [3.8, 4) is 0 Å². The zero-order valence-corrected chi connectivity index (χ0v) is 17.0. The molecule has 1 rings (SSSR count). The Morgan fingerprint density at radius 3 is 2.38 bits per heavy atom. The van der Waals surface area contributed by atoms with Crippen molar-refractivity contribution >= 4 is 34.8 Å². The van der Waals surface area contributed by atoms with Crippen LogP contribution in [0.1, 0.15) is 45.6 Å². The number of hydrogen-bond donors (Lipinski definition) is 0. The van der Waals surface area contributed by atoms with Crippen LogP contribution in [-0.2, 0) is 10.2 Å². The van der Waals surface area contributed by atoms with Gasteiger partial charge in [-0.1, -0.05) is 103 Å². The van der Waals surface area contributed by atoms with Crippen LogP contribution in [0.3, 0.4) is 0 Å². The van der Waals surface area contributed by atoms with Crippen molar-refractivity contribution in [2.75, 3.05) is 13.2 Å². The van der Waals surface area contributed by atoms with E-state index in [9.17, 15) is 0 Å². The average Bonchev–Trinajstić information content (AvgIpc) is 2.51. The fourth-order valence-electron chi connectivity index (χ4n) is 2.24. The van der Waals surface area contributed by atoms with Crippen LogP contribution < -0.4 is 0 Å². The first-order chi connectivity index (χ1) is 11.2. The summed E-state index contributed by atoms with van der Waals surface area (Å²) in [6, 6.07) is 10.5. The van der Waals surface area contributed by atoms with E-state index in [1.54, 1.807) is 0 Å². The van der Waals surface area contributed by atoms with Gasteiger partial charge in [-0.15, -0.1) is 0 Å². The Hall–Kier alpha value is -0.470. The van der Waals surface area contributed by atoms with Gasteiger partial charge in [0, 0.05) is 11.8 Å². The van der Waals surface area contributed by atoms with Gasteiger partial charge in [0.05, 0.1) is 13.2 Å². The van der Waals surface area contributed by atoms with Crippen molar-refractivity contribution in [3.05, 3.63) is 59.7 Å². The van der Waals surface area contributed by atoms with Gasteiger partial charge in [-0.05, 0) is 25.3 Å². The van der Waals surface area contributed by atoms with Crippen molar-refractivity contribution in [2.24, 2.45) is 0 Å². The Morgan fingerprint density at radius 2 is 1.75 bits per heavy atom. The number of allylic oxidation sites excluding steroid dienone is 3. The molecule has 0 heterocycles. The summed E-state index contributed by atoms with van der Waals surface area (Å²) in [6.07, 6.45) is 8.49. The van der Waals surface area contributed by atoms with Crippen LogP contribution in [-0.4, -0.2) is 17.0 Å². The number of benzene rings is 1. The number of rotatable bonds is 9. The van der Waals surface area contributed by atoms with Gasteiger partial charge in [-0.2, -0.15) is 0 Å². The average molecular weight is 390 g/mol. The first-order valence-corrected chi connectivity index (χ1v) is 9.35. The van der Waals surface area contributed by atoms with Gasteiger partial charge >= 0.3 is 0 Å². The molecular formula is C20H27Cl3O. The minimum atomic E-state index is -1.19. The van der Waals surface area contributed by atoms with Gasteiger partial charge < -0.3 is 4.74 Å². The van der Waals surface area contributed by atoms with E-state index in [-0.39, 0.29) is 5.41 Å². The lowest BCUT2D eigenvalue weighted by Crippen LogP contribution is -2.24. The van der Waals surface area contributed by atoms with Gasteiger partial charge in [0.25, 0.3) is 0 Å². The quantitative estimate of drug-likeness (QED) is 0.250. The van der Waals surface area contributed by atoms with Crippen LogP contribution in [0, 0.1) is 0 Å². The summed E-state index contributed by atoms with van der Waals surface area (Å²) in [5.74, 6) is 0. The first kappa shape index (κ1) is 21.6. The second kappa shape index (κ2) is 10.5. The van der Waals surface area contributed by atoms with Crippen LogP contribution in [0.25, 0.3) is 0 Å². The second-order valence-corrected chi connectivity index (χ2v) is 9.16. The molecule has 0 unspecified atom stereocenters. The normalized spacial score (nSPS) is 13.7. The Labute approximate surface area is 161 Å². The highest BCUT2D eigenvalue weighted by Crippen LogP contribution is 2.30. The van der Waals surface area contributed by atoms with Crippen LogP contribution in [0.5, 0.6) is 0 Å². The van der Waals surface area contributed by atoms with Gasteiger partial charge in [0.1, 0.15) is 0 Å². The van der Waals surface area contributed by atoms with Crippen LogP contribution in [0.4, 0.5) is 0 Å². The van der Waals surface area contributed by atoms with E-state index in [2.05, 4.69) is 57.2 Å². The lowest BCUT2D eigenvalue weighted by Gasteiger charge is -2.24. The highest BCUT2D eigenvalue weighted by molar-refractivity contribution is 6.67. The maximum absolute atomic E-state index is 5.85. The number of hydrogen-bond acceptors (Lipinski definition) is 1. The maximum Gasteiger partial charge on any atom is 0.194 e. The SMILES string of the molecule is C/C(=C\COCC(C)(C)c1ccccc1)CC/C=C/CC(Cl)(Cl)Cl. The van der Waals surface area contributed by atoms with E-state index < -0.39 is 3.79 Å². The van der Waals surface area contributed by atoms with E-state index in [1.807, 2.05) is 12.1 Å². The molecule has 0 aromatic heterocycles. The zero-order valence-electron chi connectivity index (χ0n) is 14.7. The molecule has 0 aliphatic heterocycles. The fourth-order valence-corrected chi connectivity index (χ4v) is 2.50. The predicted molar refractivity (Wildman–Crippen MR) is 107 cm³/mol. The maximum atomic E-state index is 5.85. The third kappa shape index (κ3) is 9.74. The van der Waals surface area contributed by atoms with Gasteiger partial charge in [-0.25, -0.2) is 0 Å². The summed E-state index contributed by atoms with van der Waals surface area (Å²) in [5.41, 5.74) is 2.62. The molecule has 0 bridgehead atoms. The minimum Gasteiger partial charge on any atom is -0.376 e. The molecule has 4 heteroatoms. The van der Waals surface area contributed by atoms with Crippen molar-refractivity contribution in [2.45, 2.75) is 49.2 Å². The molecule has 1 nitrogen and oxygen atoms in total. The van der Waals surface area contributed by atoms with Crippen LogP contribution in [0.15, 0.2) is 54.1 Å². The molecule has 134 valence electrons. The first-order valence-electron chi connectivity index (χ1n) is 8.21. The Morgan fingerprint density at radius 1 is 1.08 bits per heavy atom. The Kier molecular flexibility index (Phi) is 9.44.